The van der Waals surface area contributed by atoms with Crippen molar-refractivity contribution in [2.45, 2.75) is 6.42 Å². The topological polar surface area (TPSA) is 29.5 Å². The Hall–Kier alpha value is -1.02. The molecule has 0 aromatic heterocycles. The first-order valence-corrected chi connectivity index (χ1v) is 4.69. The Morgan fingerprint density at radius 2 is 2.00 bits per heavy atom. The lowest BCUT2D eigenvalue weighted by atomic mass is 10.3. The van der Waals surface area contributed by atoms with Crippen LogP contribution in [0.25, 0.3) is 0 Å². The zero-order chi connectivity index (χ0) is 9.10. The summed E-state index contributed by atoms with van der Waals surface area (Å²) in [6, 6.07) is 9.81. The van der Waals surface area contributed by atoms with E-state index < -0.39 is 0 Å². The first kappa shape index (κ1) is 8.57. The molecule has 2 heteroatoms. The maximum Gasteiger partial charge on any atom is 0.119 e. The van der Waals surface area contributed by atoms with E-state index in [-0.39, 0.29) is 0 Å². The second-order valence-corrected chi connectivity index (χ2v) is 3.56. The molecule has 0 heterocycles. The van der Waals surface area contributed by atoms with Gasteiger partial charge < -0.3 is 9.84 Å². The van der Waals surface area contributed by atoms with E-state index in [2.05, 4.69) is 0 Å². The molecule has 1 aromatic rings. The van der Waals surface area contributed by atoms with Gasteiger partial charge in [0.15, 0.2) is 0 Å². The highest BCUT2D eigenvalue weighted by Crippen LogP contribution is 2.37. The molecule has 1 fully saturated rings. The monoisotopic (exact) mass is 178 g/mol. The van der Waals surface area contributed by atoms with E-state index in [0.717, 1.165) is 18.8 Å². The predicted molar refractivity (Wildman–Crippen MR) is 50.6 cm³/mol. The molecule has 1 aromatic carbocycles. The van der Waals surface area contributed by atoms with Crippen LogP contribution in [0.15, 0.2) is 30.3 Å². The van der Waals surface area contributed by atoms with Gasteiger partial charge in [-0.3, -0.25) is 0 Å². The molecule has 0 amide bonds. The summed E-state index contributed by atoms with van der Waals surface area (Å²) >= 11 is 0. The number of hydrogen-bond acceptors (Lipinski definition) is 2. The highest BCUT2D eigenvalue weighted by molar-refractivity contribution is 5.21. The molecular weight excluding hydrogens is 164 g/mol. The molecule has 1 aliphatic rings. The predicted octanol–water partition coefficient (Wildman–Crippen LogP) is 1.69. The van der Waals surface area contributed by atoms with Gasteiger partial charge in [-0.1, -0.05) is 18.2 Å². The van der Waals surface area contributed by atoms with Gasteiger partial charge in [0.2, 0.25) is 0 Å². The summed E-state index contributed by atoms with van der Waals surface area (Å²) in [5.41, 5.74) is 0. The second-order valence-electron chi connectivity index (χ2n) is 3.56. The van der Waals surface area contributed by atoms with Crippen LogP contribution in [-0.4, -0.2) is 18.3 Å². The normalized spacial score (nSPS) is 25.6. The van der Waals surface area contributed by atoms with Crippen LogP contribution < -0.4 is 4.74 Å². The van der Waals surface area contributed by atoms with Crippen LogP contribution in [0.1, 0.15) is 6.42 Å². The summed E-state index contributed by atoms with van der Waals surface area (Å²) in [6.07, 6.45) is 1.11. The molecule has 1 saturated carbocycles. The lowest BCUT2D eigenvalue weighted by molar-refractivity contribution is 0.243. The Kier molecular flexibility index (Phi) is 2.50. The number of aliphatic hydroxyl groups excluding tert-OH is 1. The van der Waals surface area contributed by atoms with Crippen molar-refractivity contribution in [2.24, 2.45) is 11.8 Å². The standard InChI is InChI=1S/C11H14O2/c12-7-9-6-10(9)8-13-11-4-2-1-3-5-11/h1-5,9-10,12H,6-8H2. The van der Waals surface area contributed by atoms with E-state index in [1.54, 1.807) is 0 Å². The number of ether oxygens (including phenoxy) is 1. The van der Waals surface area contributed by atoms with Gasteiger partial charge >= 0.3 is 0 Å². The number of rotatable bonds is 4. The quantitative estimate of drug-likeness (QED) is 0.760. The highest BCUT2D eigenvalue weighted by Gasteiger charge is 2.36. The zero-order valence-corrected chi connectivity index (χ0v) is 7.52. The molecule has 13 heavy (non-hydrogen) atoms. The fourth-order valence-electron chi connectivity index (χ4n) is 1.46. The fourth-order valence-corrected chi connectivity index (χ4v) is 1.46. The van der Waals surface area contributed by atoms with Crippen molar-refractivity contribution >= 4 is 0 Å². The third-order valence-corrected chi connectivity index (χ3v) is 2.51. The summed E-state index contributed by atoms with van der Waals surface area (Å²) in [6.45, 7) is 1.05. The molecule has 2 rings (SSSR count). The average molecular weight is 178 g/mol. The molecule has 70 valence electrons. The molecule has 0 spiro atoms. The van der Waals surface area contributed by atoms with Crippen LogP contribution in [0.3, 0.4) is 0 Å². The average Bonchev–Trinajstić information content (AvgIpc) is 2.95. The molecular formula is C11H14O2. The maximum atomic E-state index is 8.82. The van der Waals surface area contributed by atoms with Gasteiger partial charge in [0.05, 0.1) is 6.61 Å². The third kappa shape index (κ3) is 2.22. The van der Waals surface area contributed by atoms with Crippen LogP contribution in [0.2, 0.25) is 0 Å². The fraction of sp³-hybridized carbons (Fsp3) is 0.455. The van der Waals surface area contributed by atoms with Crippen molar-refractivity contribution in [3.05, 3.63) is 30.3 Å². The van der Waals surface area contributed by atoms with Gasteiger partial charge in [0.1, 0.15) is 5.75 Å². The summed E-state index contributed by atoms with van der Waals surface area (Å²) < 4.78 is 5.55. The van der Waals surface area contributed by atoms with Crippen LogP contribution in [0.5, 0.6) is 5.75 Å². The Balaban J connectivity index is 1.75. The van der Waals surface area contributed by atoms with Gasteiger partial charge in [0, 0.05) is 6.61 Å². The smallest absolute Gasteiger partial charge is 0.119 e. The number of benzene rings is 1. The number of para-hydroxylation sites is 1. The van der Waals surface area contributed by atoms with Crippen LogP contribution in [-0.2, 0) is 0 Å². The molecule has 0 radical (unpaired) electrons. The molecule has 0 bridgehead atoms. The summed E-state index contributed by atoms with van der Waals surface area (Å²) in [5, 5.41) is 8.82. The number of hydrogen-bond donors (Lipinski definition) is 1. The molecule has 1 N–H and O–H groups in total. The van der Waals surface area contributed by atoms with Crippen molar-refractivity contribution in [1.29, 1.82) is 0 Å². The molecule has 0 saturated heterocycles. The molecule has 2 nitrogen and oxygen atoms in total. The molecule has 2 atom stereocenters. The highest BCUT2D eigenvalue weighted by atomic mass is 16.5. The minimum Gasteiger partial charge on any atom is -0.493 e. The van der Waals surface area contributed by atoms with Crippen molar-refractivity contribution in [3.63, 3.8) is 0 Å². The van der Waals surface area contributed by atoms with Crippen molar-refractivity contribution < 1.29 is 9.84 Å². The van der Waals surface area contributed by atoms with Crippen LogP contribution in [0, 0.1) is 11.8 Å². The van der Waals surface area contributed by atoms with E-state index in [4.69, 9.17) is 9.84 Å². The first-order valence-electron chi connectivity index (χ1n) is 4.69. The SMILES string of the molecule is OCC1CC1COc1ccccc1. The van der Waals surface area contributed by atoms with E-state index >= 15 is 0 Å². The minimum absolute atomic E-state index is 0.308. The summed E-state index contributed by atoms with van der Waals surface area (Å²) in [7, 11) is 0. The summed E-state index contributed by atoms with van der Waals surface area (Å²) in [4.78, 5) is 0. The third-order valence-electron chi connectivity index (χ3n) is 2.51. The maximum absolute atomic E-state index is 8.82. The van der Waals surface area contributed by atoms with Crippen molar-refractivity contribution in [1.82, 2.24) is 0 Å². The lowest BCUT2D eigenvalue weighted by Gasteiger charge is -2.04. The van der Waals surface area contributed by atoms with E-state index in [0.29, 0.717) is 18.4 Å². The Labute approximate surface area is 78.2 Å². The van der Waals surface area contributed by atoms with Gasteiger partial charge in [-0.05, 0) is 30.4 Å². The van der Waals surface area contributed by atoms with Gasteiger partial charge in [-0.25, -0.2) is 0 Å². The Morgan fingerprint density at radius 3 is 2.62 bits per heavy atom. The van der Waals surface area contributed by atoms with Gasteiger partial charge in [-0.15, -0.1) is 0 Å². The molecule has 1 aliphatic carbocycles. The largest absolute Gasteiger partial charge is 0.493 e. The van der Waals surface area contributed by atoms with E-state index in [1.165, 1.54) is 0 Å². The summed E-state index contributed by atoms with van der Waals surface area (Å²) in [5.74, 6) is 1.99. The Bertz CT molecular complexity index is 258. The van der Waals surface area contributed by atoms with Crippen LogP contribution >= 0.6 is 0 Å². The van der Waals surface area contributed by atoms with Crippen molar-refractivity contribution in [2.75, 3.05) is 13.2 Å². The van der Waals surface area contributed by atoms with Crippen LogP contribution in [0.4, 0.5) is 0 Å². The molecule has 2 unspecified atom stereocenters. The number of aliphatic hydroxyl groups is 1. The Morgan fingerprint density at radius 1 is 1.23 bits per heavy atom. The minimum atomic E-state index is 0.308. The zero-order valence-electron chi connectivity index (χ0n) is 7.52. The lowest BCUT2D eigenvalue weighted by Crippen LogP contribution is -2.02. The van der Waals surface area contributed by atoms with E-state index in [1.807, 2.05) is 30.3 Å². The second kappa shape index (κ2) is 3.79. The van der Waals surface area contributed by atoms with E-state index in [9.17, 15) is 0 Å². The van der Waals surface area contributed by atoms with Gasteiger partial charge in [-0.2, -0.15) is 0 Å². The van der Waals surface area contributed by atoms with Crippen molar-refractivity contribution in [3.8, 4) is 5.75 Å². The van der Waals surface area contributed by atoms with Gasteiger partial charge in [0.25, 0.3) is 0 Å². The first-order chi connectivity index (χ1) is 6.40. The molecule has 0 aliphatic heterocycles.